The summed E-state index contributed by atoms with van der Waals surface area (Å²) in [6.45, 7) is 4.46. The number of likely N-dealkylation sites (tertiary alicyclic amines) is 1. The zero-order valence-electron chi connectivity index (χ0n) is 18.8. The number of likely N-dealkylation sites (N-methyl/N-ethyl adjacent to an activating group) is 1. The number of nitrogens with zero attached hydrogens (tertiary/aromatic N) is 2. The Morgan fingerprint density at radius 3 is 2.41 bits per heavy atom. The Kier molecular flexibility index (Phi) is 5.83. The summed E-state index contributed by atoms with van der Waals surface area (Å²) >= 11 is 0. The molecule has 0 spiro atoms. The maximum absolute atomic E-state index is 13.4. The second-order valence-electron chi connectivity index (χ2n) is 8.58. The van der Waals surface area contributed by atoms with Gasteiger partial charge in [0, 0.05) is 33.0 Å². The largest absolute Gasteiger partial charge is 0.341 e. The second kappa shape index (κ2) is 8.58. The predicted octanol–water partition coefficient (Wildman–Crippen LogP) is 4.21. The van der Waals surface area contributed by atoms with Crippen LogP contribution in [-0.2, 0) is 26.3 Å². The summed E-state index contributed by atoms with van der Waals surface area (Å²) < 4.78 is 0. The number of amides is 3. The van der Waals surface area contributed by atoms with Crippen LogP contribution in [0.5, 0.6) is 0 Å². The summed E-state index contributed by atoms with van der Waals surface area (Å²) in [6, 6.07) is 21.7. The van der Waals surface area contributed by atoms with Crippen LogP contribution in [0.3, 0.4) is 0 Å². The maximum Gasteiger partial charge on any atom is 0.240 e. The topological polar surface area (TPSA) is 57.7 Å². The fourth-order valence-electron chi connectivity index (χ4n) is 4.84. The Morgan fingerprint density at radius 1 is 1.00 bits per heavy atom. The van der Waals surface area contributed by atoms with Gasteiger partial charge < -0.3 is 4.90 Å². The number of hydrogen-bond donors (Lipinski definition) is 0. The fraction of sp³-hybridized carbons (Fsp3) is 0.296. The summed E-state index contributed by atoms with van der Waals surface area (Å²) in [5, 5.41) is 2.23. The molecule has 0 unspecified atom stereocenters. The molecule has 0 aromatic heterocycles. The molecule has 0 N–H and O–H groups in total. The molecule has 0 radical (unpaired) electrons. The minimum Gasteiger partial charge on any atom is -0.341 e. The lowest BCUT2D eigenvalue weighted by Crippen LogP contribution is -2.43. The van der Waals surface area contributed by atoms with E-state index in [2.05, 4.69) is 18.2 Å². The first kappa shape index (κ1) is 21.8. The molecule has 1 heterocycles. The van der Waals surface area contributed by atoms with E-state index in [9.17, 15) is 14.4 Å². The molecule has 0 aliphatic carbocycles. The molecule has 0 saturated carbocycles. The lowest BCUT2D eigenvalue weighted by molar-refractivity contribution is -0.142. The molecule has 3 aromatic rings. The van der Waals surface area contributed by atoms with Crippen molar-refractivity contribution < 1.29 is 14.4 Å². The van der Waals surface area contributed by atoms with E-state index in [0.717, 1.165) is 27.5 Å². The third-order valence-corrected chi connectivity index (χ3v) is 6.55. The Hall–Kier alpha value is -3.47. The molecule has 1 aliphatic heterocycles. The molecule has 3 amide bonds. The fourth-order valence-corrected chi connectivity index (χ4v) is 4.84. The average molecular weight is 429 g/mol. The van der Waals surface area contributed by atoms with Gasteiger partial charge in [0.1, 0.15) is 0 Å². The van der Waals surface area contributed by atoms with Crippen molar-refractivity contribution in [3.63, 3.8) is 0 Å². The van der Waals surface area contributed by atoms with Crippen LogP contribution in [0, 0.1) is 6.92 Å². The summed E-state index contributed by atoms with van der Waals surface area (Å²) in [5.74, 6) is -0.642. The first-order chi connectivity index (χ1) is 15.4. The van der Waals surface area contributed by atoms with E-state index in [1.165, 1.54) is 4.90 Å². The summed E-state index contributed by atoms with van der Waals surface area (Å²) in [7, 11) is 1.76. The molecule has 1 aliphatic rings. The van der Waals surface area contributed by atoms with Gasteiger partial charge in [0.15, 0.2) is 0 Å². The molecular formula is C27H28N2O3. The van der Waals surface area contributed by atoms with E-state index in [1.807, 2.05) is 55.5 Å². The number of carbonyl (C=O) groups excluding carboxylic acids is 3. The van der Waals surface area contributed by atoms with E-state index in [-0.39, 0.29) is 30.6 Å². The van der Waals surface area contributed by atoms with Gasteiger partial charge in [0.25, 0.3) is 0 Å². The molecule has 3 aromatic carbocycles. The van der Waals surface area contributed by atoms with Gasteiger partial charge in [-0.2, -0.15) is 0 Å². The van der Waals surface area contributed by atoms with Crippen molar-refractivity contribution in [2.45, 2.75) is 38.6 Å². The average Bonchev–Trinajstić information content (AvgIpc) is 3.03. The highest BCUT2D eigenvalue weighted by atomic mass is 16.2. The lowest BCUT2D eigenvalue weighted by Gasteiger charge is -2.30. The molecule has 32 heavy (non-hydrogen) atoms. The molecule has 1 atom stereocenters. The van der Waals surface area contributed by atoms with Crippen molar-refractivity contribution in [3.05, 3.63) is 83.4 Å². The van der Waals surface area contributed by atoms with Crippen molar-refractivity contribution in [2.24, 2.45) is 0 Å². The smallest absolute Gasteiger partial charge is 0.240 e. The molecule has 1 fully saturated rings. The number of fused-ring (bicyclic) bond motifs is 1. The Balaban J connectivity index is 1.65. The zero-order valence-corrected chi connectivity index (χ0v) is 18.8. The van der Waals surface area contributed by atoms with Crippen molar-refractivity contribution in [2.75, 3.05) is 13.6 Å². The molecular weight excluding hydrogens is 400 g/mol. The van der Waals surface area contributed by atoms with Gasteiger partial charge in [0.05, 0.1) is 5.41 Å². The molecule has 5 nitrogen and oxygen atoms in total. The number of imide groups is 1. The normalized spacial score (nSPS) is 18.4. The molecule has 5 heteroatoms. The number of hydrogen-bond acceptors (Lipinski definition) is 3. The van der Waals surface area contributed by atoms with Gasteiger partial charge >= 0.3 is 0 Å². The van der Waals surface area contributed by atoms with Gasteiger partial charge in [-0.15, -0.1) is 0 Å². The van der Waals surface area contributed by atoms with Gasteiger partial charge in [-0.1, -0.05) is 66.7 Å². The minimum atomic E-state index is -1.15. The van der Waals surface area contributed by atoms with E-state index in [0.29, 0.717) is 13.1 Å². The van der Waals surface area contributed by atoms with E-state index in [4.69, 9.17) is 0 Å². The lowest BCUT2D eigenvalue weighted by atomic mass is 9.74. The highest BCUT2D eigenvalue weighted by Crippen LogP contribution is 2.41. The summed E-state index contributed by atoms with van der Waals surface area (Å²) in [4.78, 5) is 42.5. The quantitative estimate of drug-likeness (QED) is 0.553. The zero-order chi connectivity index (χ0) is 22.9. The first-order valence-corrected chi connectivity index (χ1v) is 11.0. The van der Waals surface area contributed by atoms with Crippen molar-refractivity contribution in [1.29, 1.82) is 0 Å². The third kappa shape index (κ3) is 3.68. The van der Waals surface area contributed by atoms with Gasteiger partial charge in [-0.05, 0) is 41.3 Å². The standard InChI is InChI=1S/C27H28N2O3/c1-4-29-25(31)17-27(26(29)32,23-15-8-5-10-19(23)2)16-24(30)28(3)18-21-13-9-12-20-11-6-7-14-22(20)21/h5-15H,4,16-18H2,1-3H3/t27-/m1/s1. The number of aryl methyl sites for hydroxylation is 1. The second-order valence-corrected chi connectivity index (χ2v) is 8.58. The van der Waals surface area contributed by atoms with Crippen LogP contribution in [-0.4, -0.2) is 41.1 Å². The third-order valence-electron chi connectivity index (χ3n) is 6.55. The van der Waals surface area contributed by atoms with E-state index < -0.39 is 5.41 Å². The van der Waals surface area contributed by atoms with E-state index in [1.54, 1.807) is 18.9 Å². The van der Waals surface area contributed by atoms with Gasteiger partial charge in [-0.25, -0.2) is 0 Å². The van der Waals surface area contributed by atoms with Gasteiger partial charge in [0.2, 0.25) is 17.7 Å². The van der Waals surface area contributed by atoms with Gasteiger partial charge in [-0.3, -0.25) is 19.3 Å². The SMILES string of the molecule is CCN1C(=O)C[C@](CC(=O)N(C)Cc2cccc3ccccc23)(c2ccccc2C)C1=O. The summed E-state index contributed by atoms with van der Waals surface area (Å²) in [6.07, 6.45) is -0.00142. The first-order valence-electron chi connectivity index (χ1n) is 11.0. The van der Waals surface area contributed by atoms with Crippen LogP contribution in [0.2, 0.25) is 0 Å². The highest BCUT2D eigenvalue weighted by molar-refractivity contribution is 6.10. The number of benzene rings is 3. The van der Waals surface area contributed by atoms with Crippen LogP contribution in [0.1, 0.15) is 36.5 Å². The number of rotatable bonds is 6. The van der Waals surface area contributed by atoms with Crippen LogP contribution < -0.4 is 0 Å². The highest BCUT2D eigenvalue weighted by Gasteiger charge is 2.54. The predicted molar refractivity (Wildman–Crippen MR) is 125 cm³/mol. The van der Waals surface area contributed by atoms with Crippen molar-refractivity contribution >= 4 is 28.5 Å². The van der Waals surface area contributed by atoms with Crippen LogP contribution >= 0.6 is 0 Å². The monoisotopic (exact) mass is 428 g/mol. The van der Waals surface area contributed by atoms with Crippen LogP contribution in [0.4, 0.5) is 0 Å². The molecule has 164 valence electrons. The minimum absolute atomic E-state index is 0.0262. The molecule has 4 rings (SSSR count). The Labute approximate surface area is 188 Å². The van der Waals surface area contributed by atoms with E-state index >= 15 is 0 Å². The Bertz CT molecular complexity index is 1200. The van der Waals surface area contributed by atoms with Crippen LogP contribution in [0.25, 0.3) is 10.8 Å². The van der Waals surface area contributed by atoms with Crippen LogP contribution in [0.15, 0.2) is 66.7 Å². The maximum atomic E-state index is 13.4. The van der Waals surface area contributed by atoms with Crippen molar-refractivity contribution in [3.8, 4) is 0 Å². The van der Waals surface area contributed by atoms with Crippen molar-refractivity contribution in [1.82, 2.24) is 9.80 Å². The molecule has 1 saturated heterocycles. The summed E-state index contributed by atoms with van der Waals surface area (Å²) in [5.41, 5.74) is 1.58. The number of carbonyl (C=O) groups is 3. The Morgan fingerprint density at radius 2 is 1.69 bits per heavy atom. The molecule has 0 bridgehead atoms.